The highest BCUT2D eigenvalue weighted by Gasteiger charge is 2.17. The van der Waals surface area contributed by atoms with E-state index in [-0.39, 0.29) is 6.10 Å². The van der Waals surface area contributed by atoms with Gasteiger partial charge in [0.25, 0.3) is 0 Å². The lowest BCUT2D eigenvalue weighted by molar-refractivity contribution is 0.185. The van der Waals surface area contributed by atoms with Crippen molar-refractivity contribution in [1.29, 1.82) is 0 Å². The van der Waals surface area contributed by atoms with E-state index in [4.69, 9.17) is 4.74 Å². The Hall–Kier alpha value is -1.06. The Morgan fingerprint density at radius 3 is 2.22 bits per heavy atom. The average molecular weight is 248 g/mol. The van der Waals surface area contributed by atoms with Crippen LogP contribution in [0.25, 0.3) is 0 Å². The molecule has 1 aliphatic heterocycles. The van der Waals surface area contributed by atoms with Gasteiger partial charge in [-0.05, 0) is 38.5 Å². The van der Waals surface area contributed by atoms with Crippen LogP contribution in [0.4, 0.5) is 0 Å². The van der Waals surface area contributed by atoms with Crippen molar-refractivity contribution < 1.29 is 4.74 Å². The normalized spacial score (nSPS) is 18.9. The SMILES string of the molecule is CC(C)Oc1ccc([C@@H](C)N2CCNCC2)cc1. The molecule has 0 unspecified atom stereocenters. The number of piperazine rings is 1. The highest BCUT2D eigenvalue weighted by Crippen LogP contribution is 2.23. The van der Waals surface area contributed by atoms with Crippen LogP contribution in [0.5, 0.6) is 5.75 Å². The van der Waals surface area contributed by atoms with Gasteiger partial charge in [0.1, 0.15) is 5.75 Å². The lowest BCUT2D eigenvalue weighted by Gasteiger charge is -2.33. The van der Waals surface area contributed by atoms with E-state index >= 15 is 0 Å². The summed E-state index contributed by atoms with van der Waals surface area (Å²) < 4.78 is 5.67. The number of ether oxygens (including phenoxy) is 1. The Balaban J connectivity index is 1.99. The van der Waals surface area contributed by atoms with Gasteiger partial charge in [-0.2, -0.15) is 0 Å². The summed E-state index contributed by atoms with van der Waals surface area (Å²) in [5.74, 6) is 0.960. The summed E-state index contributed by atoms with van der Waals surface area (Å²) in [6.07, 6.45) is 0.237. The van der Waals surface area contributed by atoms with Gasteiger partial charge >= 0.3 is 0 Å². The molecule has 1 fully saturated rings. The molecule has 0 bridgehead atoms. The van der Waals surface area contributed by atoms with Crippen LogP contribution >= 0.6 is 0 Å². The van der Waals surface area contributed by atoms with Crippen LogP contribution in [0.15, 0.2) is 24.3 Å². The van der Waals surface area contributed by atoms with E-state index in [1.54, 1.807) is 0 Å². The summed E-state index contributed by atoms with van der Waals surface area (Å²) in [6, 6.07) is 9.01. The molecular formula is C15H24N2O. The van der Waals surface area contributed by atoms with Gasteiger partial charge in [0.15, 0.2) is 0 Å². The minimum atomic E-state index is 0.237. The third-order valence-corrected chi connectivity index (χ3v) is 3.43. The molecule has 1 heterocycles. The molecule has 3 heteroatoms. The molecule has 0 amide bonds. The highest BCUT2D eigenvalue weighted by atomic mass is 16.5. The van der Waals surface area contributed by atoms with Crippen molar-refractivity contribution in [3.63, 3.8) is 0 Å². The Bertz CT molecular complexity index is 355. The summed E-state index contributed by atoms with van der Waals surface area (Å²) in [5.41, 5.74) is 1.37. The molecule has 1 aromatic carbocycles. The second-order valence-electron chi connectivity index (χ2n) is 5.20. The summed E-state index contributed by atoms with van der Waals surface area (Å²) in [5, 5.41) is 3.39. The molecule has 2 rings (SSSR count). The minimum Gasteiger partial charge on any atom is -0.491 e. The number of nitrogens with one attached hydrogen (secondary N) is 1. The largest absolute Gasteiger partial charge is 0.491 e. The monoisotopic (exact) mass is 248 g/mol. The fourth-order valence-electron chi connectivity index (χ4n) is 2.38. The summed E-state index contributed by atoms with van der Waals surface area (Å²) in [6.45, 7) is 10.8. The standard InChI is InChI=1S/C15H24N2O/c1-12(2)18-15-6-4-14(5-7-15)13(3)17-10-8-16-9-11-17/h4-7,12-13,16H,8-11H2,1-3H3/t13-/m1/s1. The Labute approximate surface area is 110 Å². The molecule has 0 aromatic heterocycles. The van der Waals surface area contributed by atoms with Crippen molar-refractivity contribution in [2.45, 2.75) is 32.9 Å². The fourth-order valence-corrected chi connectivity index (χ4v) is 2.38. The first kappa shape index (κ1) is 13.4. The minimum absolute atomic E-state index is 0.237. The van der Waals surface area contributed by atoms with E-state index in [1.807, 2.05) is 0 Å². The predicted octanol–water partition coefficient (Wildman–Crippen LogP) is 2.44. The zero-order valence-corrected chi connectivity index (χ0v) is 11.6. The summed E-state index contributed by atoms with van der Waals surface area (Å²) in [7, 11) is 0. The second kappa shape index (κ2) is 6.21. The third-order valence-electron chi connectivity index (χ3n) is 3.43. The van der Waals surface area contributed by atoms with Crippen LogP contribution in [0.2, 0.25) is 0 Å². The maximum atomic E-state index is 5.67. The van der Waals surface area contributed by atoms with Crippen molar-refractivity contribution in [3.05, 3.63) is 29.8 Å². The van der Waals surface area contributed by atoms with E-state index in [9.17, 15) is 0 Å². The molecule has 1 aliphatic rings. The molecule has 0 saturated carbocycles. The lowest BCUT2D eigenvalue weighted by Crippen LogP contribution is -2.44. The van der Waals surface area contributed by atoms with Crippen LogP contribution in [0, 0.1) is 0 Å². The number of nitrogens with zero attached hydrogens (tertiary/aromatic N) is 1. The van der Waals surface area contributed by atoms with Crippen molar-refractivity contribution in [3.8, 4) is 5.75 Å². The zero-order valence-electron chi connectivity index (χ0n) is 11.6. The molecule has 1 aromatic rings. The van der Waals surface area contributed by atoms with Crippen LogP contribution in [-0.2, 0) is 0 Å². The molecule has 1 N–H and O–H groups in total. The van der Waals surface area contributed by atoms with Gasteiger partial charge < -0.3 is 10.1 Å². The van der Waals surface area contributed by atoms with E-state index in [2.05, 4.69) is 55.3 Å². The van der Waals surface area contributed by atoms with E-state index in [1.165, 1.54) is 5.56 Å². The molecule has 3 nitrogen and oxygen atoms in total. The smallest absolute Gasteiger partial charge is 0.119 e. The van der Waals surface area contributed by atoms with E-state index in [0.29, 0.717) is 6.04 Å². The maximum absolute atomic E-state index is 5.67. The van der Waals surface area contributed by atoms with Crippen molar-refractivity contribution in [1.82, 2.24) is 10.2 Å². The Morgan fingerprint density at radius 2 is 1.67 bits per heavy atom. The molecule has 0 aliphatic carbocycles. The molecule has 18 heavy (non-hydrogen) atoms. The van der Waals surface area contributed by atoms with E-state index < -0.39 is 0 Å². The van der Waals surface area contributed by atoms with Gasteiger partial charge in [-0.3, -0.25) is 4.90 Å². The van der Waals surface area contributed by atoms with Crippen molar-refractivity contribution in [2.24, 2.45) is 0 Å². The summed E-state index contributed by atoms with van der Waals surface area (Å²) in [4.78, 5) is 2.52. The van der Waals surface area contributed by atoms with Crippen molar-refractivity contribution in [2.75, 3.05) is 26.2 Å². The van der Waals surface area contributed by atoms with Gasteiger partial charge in [0.2, 0.25) is 0 Å². The first-order valence-corrected chi connectivity index (χ1v) is 6.88. The molecule has 1 saturated heterocycles. The van der Waals surface area contributed by atoms with Crippen LogP contribution in [0.3, 0.4) is 0 Å². The first-order chi connectivity index (χ1) is 8.66. The Morgan fingerprint density at radius 1 is 1.06 bits per heavy atom. The number of hydrogen-bond donors (Lipinski definition) is 1. The molecule has 0 spiro atoms. The first-order valence-electron chi connectivity index (χ1n) is 6.88. The third kappa shape index (κ3) is 3.47. The van der Waals surface area contributed by atoms with Crippen LogP contribution in [-0.4, -0.2) is 37.2 Å². The van der Waals surface area contributed by atoms with E-state index in [0.717, 1.165) is 31.9 Å². The molecule has 100 valence electrons. The lowest BCUT2D eigenvalue weighted by atomic mass is 10.1. The molecule has 1 atom stereocenters. The predicted molar refractivity (Wildman–Crippen MR) is 75.1 cm³/mol. The maximum Gasteiger partial charge on any atom is 0.119 e. The molecular weight excluding hydrogens is 224 g/mol. The number of rotatable bonds is 4. The number of hydrogen-bond acceptors (Lipinski definition) is 3. The highest BCUT2D eigenvalue weighted by molar-refractivity contribution is 5.29. The van der Waals surface area contributed by atoms with Gasteiger partial charge in [-0.1, -0.05) is 12.1 Å². The van der Waals surface area contributed by atoms with Gasteiger partial charge in [-0.25, -0.2) is 0 Å². The molecule has 0 radical (unpaired) electrons. The number of benzene rings is 1. The fraction of sp³-hybridized carbons (Fsp3) is 0.600. The second-order valence-corrected chi connectivity index (χ2v) is 5.20. The average Bonchev–Trinajstić information content (AvgIpc) is 2.39. The van der Waals surface area contributed by atoms with Gasteiger partial charge in [0, 0.05) is 32.2 Å². The Kier molecular flexibility index (Phi) is 4.61. The van der Waals surface area contributed by atoms with Gasteiger partial charge in [0.05, 0.1) is 6.10 Å². The van der Waals surface area contributed by atoms with Gasteiger partial charge in [-0.15, -0.1) is 0 Å². The summed E-state index contributed by atoms with van der Waals surface area (Å²) >= 11 is 0. The van der Waals surface area contributed by atoms with Crippen molar-refractivity contribution >= 4 is 0 Å². The zero-order chi connectivity index (χ0) is 13.0. The van der Waals surface area contributed by atoms with Crippen LogP contribution < -0.4 is 10.1 Å². The quantitative estimate of drug-likeness (QED) is 0.885. The van der Waals surface area contributed by atoms with Crippen LogP contribution in [0.1, 0.15) is 32.4 Å². The topological polar surface area (TPSA) is 24.5 Å².